The first-order chi connectivity index (χ1) is 7.33. The number of hydrogen-bond donors (Lipinski definition) is 1. The van der Waals surface area contributed by atoms with Gasteiger partial charge in [0.15, 0.2) is 0 Å². The molecule has 1 aliphatic rings. The second-order valence-electron chi connectivity index (χ2n) is 3.30. The van der Waals surface area contributed by atoms with Crippen LogP contribution in [0.4, 0.5) is 0 Å². The number of carboxylic acids is 2. The van der Waals surface area contributed by atoms with Crippen LogP contribution in [0.15, 0.2) is 11.6 Å². The molecule has 1 N–H and O–H groups in total. The Bertz CT molecular complexity index is 370. The summed E-state index contributed by atoms with van der Waals surface area (Å²) in [5.41, 5.74) is -0.223. The van der Waals surface area contributed by atoms with Crippen LogP contribution in [-0.2, 0) is 19.1 Å². The van der Waals surface area contributed by atoms with Crippen molar-refractivity contribution in [1.29, 1.82) is 0 Å². The van der Waals surface area contributed by atoms with Gasteiger partial charge in [0.25, 0.3) is 0 Å². The van der Waals surface area contributed by atoms with E-state index in [1.807, 2.05) is 0 Å². The van der Waals surface area contributed by atoms with Gasteiger partial charge >= 0.3 is 5.97 Å². The quantitative estimate of drug-likeness (QED) is 0.397. The number of rotatable bonds is 4. The van der Waals surface area contributed by atoms with Gasteiger partial charge in [-0.2, -0.15) is 0 Å². The van der Waals surface area contributed by atoms with Crippen molar-refractivity contribution < 1.29 is 34.4 Å². The summed E-state index contributed by atoms with van der Waals surface area (Å²) in [6, 6.07) is 0. The third-order valence-electron chi connectivity index (χ3n) is 2.08. The molecular formula is C9H8O7-2. The lowest BCUT2D eigenvalue weighted by Gasteiger charge is -2.23. The Kier molecular flexibility index (Phi) is 3.28. The van der Waals surface area contributed by atoms with Gasteiger partial charge in [0.05, 0.1) is 12.4 Å². The van der Waals surface area contributed by atoms with Gasteiger partial charge in [-0.15, -0.1) is 0 Å². The number of cyclic esters (lactones) is 1. The van der Waals surface area contributed by atoms with Crippen LogP contribution in [0.3, 0.4) is 0 Å². The van der Waals surface area contributed by atoms with Crippen molar-refractivity contribution >= 4 is 17.9 Å². The second-order valence-corrected chi connectivity index (χ2v) is 3.30. The summed E-state index contributed by atoms with van der Waals surface area (Å²) in [4.78, 5) is 31.4. The van der Waals surface area contributed by atoms with Crippen LogP contribution in [0.2, 0.25) is 0 Å². The number of carbonyl (C=O) groups excluding carboxylic acids is 3. The zero-order valence-corrected chi connectivity index (χ0v) is 8.10. The fraction of sp³-hybridized carbons (Fsp3) is 0.444. The van der Waals surface area contributed by atoms with E-state index in [-0.39, 0.29) is 5.57 Å². The van der Waals surface area contributed by atoms with Crippen molar-refractivity contribution in [3.8, 4) is 0 Å². The smallest absolute Gasteiger partial charge is 0.312 e. The molecule has 0 bridgehead atoms. The number of esters is 1. The lowest BCUT2D eigenvalue weighted by Crippen LogP contribution is -2.34. The number of carboxylic acid groups (broad SMARTS) is 2. The molecule has 1 rings (SSSR count). The molecule has 0 aliphatic carbocycles. The highest BCUT2D eigenvalue weighted by Gasteiger charge is 2.42. The van der Waals surface area contributed by atoms with E-state index >= 15 is 0 Å². The highest BCUT2D eigenvalue weighted by molar-refractivity contribution is 5.84. The molecule has 7 nitrogen and oxygen atoms in total. The average Bonchev–Trinajstić information content (AvgIpc) is 2.38. The summed E-state index contributed by atoms with van der Waals surface area (Å²) in [6.07, 6.45) is -0.897. The fourth-order valence-electron chi connectivity index (χ4n) is 1.37. The Hall–Kier alpha value is -1.89. The molecule has 0 aromatic carbocycles. The van der Waals surface area contributed by atoms with Crippen molar-refractivity contribution in [2.45, 2.75) is 25.0 Å². The van der Waals surface area contributed by atoms with Gasteiger partial charge in [-0.25, -0.2) is 0 Å². The van der Waals surface area contributed by atoms with Gasteiger partial charge in [0.1, 0.15) is 0 Å². The van der Waals surface area contributed by atoms with Crippen LogP contribution in [0, 0.1) is 0 Å². The maximum Gasteiger partial charge on any atom is 0.312 e. The second kappa shape index (κ2) is 4.31. The normalized spacial score (nSPS) is 26.8. The van der Waals surface area contributed by atoms with Crippen molar-refractivity contribution in [2.24, 2.45) is 0 Å². The van der Waals surface area contributed by atoms with Gasteiger partial charge in [0, 0.05) is 18.0 Å². The molecule has 0 aromatic heterocycles. The lowest BCUT2D eigenvalue weighted by atomic mass is 10.0. The molecule has 16 heavy (non-hydrogen) atoms. The van der Waals surface area contributed by atoms with E-state index in [4.69, 9.17) is 0 Å². The van der Waals surface area contributed by atoms with Crippen LogP contribution in [0.5, 0.6) is 0 Å². The van der Waals surface area contributed by atoms with E-state index in [0.717, 1.165) is 0 Å². The lowest BCUT2D eigenvalue weighted by molar-refractivity contribution is -0.307. The van der Waals surface area contributed by atoms with Crippen LogP contribution >= 0.6 is 0 Å². The van der Waals surface area contributed by atoms with Gasteiger partial charge in [-0.3, -0.25) is 4.79 Å². The summed E-state index contributed by atoms with van der Waals surface area (Å²) in [5, 5.41) is 30.2. The molecule has 1 saturated heterocycles. The zero-order chi connectivity index (χ0) is 12.3. The monoisotopic (exact) mass is 228 g/mol. The topological polar surface area (TPSA) is 127 Å². The summed E-state index contributed by atoms with van der Waals surface area (Å²) < 4.78 is 4.48. The van der Waals surface area contributed by atoms with E-state index in [9.17, 15) is 29.7 Å². The first-order valence-electron chi connectivity index (χ1n) is 4.39. The number of hydrogen-bond acceptors (Lipinski definition) is 7. The maximum absolute atomic E-state index is 10.9. The maximum atomic E-state index is 10.9. The predicted molar refractivity (Wildman–Crippen MR) is 43.0 cm³/mol. The highest BCUT2D eigenvalue weighted by atomic mass is 16.7. The molecule has 0 amide bonds. The van der Waals surface area contributed by atoms with Crippen LogP contribution in [-0.4, -0.2) is 28.8 Å². The predicted octanol–water partition coefficient (Wildman–Crippen LogP) is -3.17. The van der Waals surface area contributed by atoms with Gasteiger partial charge < -0.3 is 29.6 Å². The number of aliphatic hydroxyl groups is 1. The first-order valence-corrected chi connectivity index (χ1v) is 4.39. The number of ether oxygens (including phenoxy) is 1. The Morgan fingerprint density at radius 1 is 1.50 bits per heavy atom. The minimum atomic E-state index is -2.18. The summed E-state index contributed by atoms with van der Waals surface area (Å²) >= 11 is 0. The van der Waals surface area contributed by atoms with Crippen molar-refractivity contribution in [3.05, 3.63) is 11.6 Å². The van der Waals surface area contributed by atoms with E-state index in [0.29, 0.717) is 6.08 Å². The molecule has 1 fully saturated rings. The third kappa shape index (κ3) is 2.80. The third-order valence-corrected chi connectivity index (χ3v) is 2.08. The Balaban J connectivity index is 2.86. The van der Waals surface area contributed by atoms with Crippen LogP contribution in [0.1, 0.15) is 19.3 Å². The number of carbonyl (C=O) groups is 3. The molecule has 88 valence electrons. The van der Waals surface area contributed by atoms with E-state index in [1.165, 1.54) is 0 Å². The van der Waals surface area contributed by atoms with E-state index in [2.05, 4.69) is 4.74 Å². The molecule has 0 spiro atoms. The largest absolute Gasteiger partial charge is 0.550 e. The Morgan fingerprint density at radius 2 is 2.12 bits per heavy atom. The minimum absolute atomic E-state index is 0.223. The summed E-state index contributed by atoms with van der Waals surface area (Å²) in [6.45, 7) is 0. The molecular weight excluding hydrogens is 220 g/mol. The SMILES string of the molecule is O=C([O-])/C=C1\CC(=O)O[C@@]1(O)CCC(=O)[O-]. The van der Waals surface area contributed by atoms with Gasteiger partial charge in [0.2, 0.25) is 5.79 Å². The van der Waals surface area contributed by atoms with Gasteiger partial charge in [-0.1, -0.05) is 0 Å². The molecule has 7 heteroatoms. The Labute approximate surface area is 89.9 Å². The molecule has 0 radical (unpaired) electrons. The summed E-state index contributed by atoms with van der Waals surface area (Å²) in [5.74, 6) is -6.05. The van der Waals surface area contributed by atoms with Crippen LogP contribution < -0.4 is 10.2 Å². The molecule has 1 aliphatic heterocycles. The first kappa shape index (κ1) is 12.2. The number of aliphatic carboxylic acids is 2. The zero-order valence-electron chi connectivity index (χ0n) is 8.10. The van der Waals surface area contributed by atoms with Crippen molar-refractivity contribution in [2.75, 3.05) is 0 Å². The van der Waals surface area contributed by atoms with E-state index < -0.39 is 43.0 Å². The molecule has 0 unspecified atom stereocenters. The standard InChI is InChI=1S/C9H10O7/c10-6(11)1-2-9(15)5(3-7(12)13)4-8(14)16-9/h3,15H,1-2,4H2,(H,10,11)(H,12,13)/p-2/b5-3+/t9-/m0/s1. The molecule has 1 atom stereocenters. The molecule has 1 heterocycles. The van der Waals surface area contributed by atoms with Gasteiger partial charge in [-0.05, 0) is 12.5 Å². The fourth-order valence-corrected chi connectivity index (χ4v) is 1.37. The highest BCUT2D eigenvalue weighted by Crippen LogP contribution is 2.33. The molecule has 0 aromatic rings. The van der Waals surface area contributed by atoms with E-state index in [1.54, 1.807) is 0 Å². The van der Waals surface area contributed by atoms with Crippen molar-refractivity contribution in [1.82, 2.24) is 0 Å². The molecule has 0 saturated carbocycles. The average molecular weight is 228 g/mol. The minimum Gasteiger partial charge on any atom is -0.550 e. The Morgan fingerprint density at radius 3 is 2.62 bits per heavy atom. The summed E-state index contributed by atoms with van der Waals surface area (Å²) in [7, 11) is 0. The van der Waals surface area contributed by atoms with Crippen LogP contribution in [0.25, 0.3) is 0 Å². The van der Waals surface area contributed by atoms with Crippen molar-refractivity contribution in [3.63, 3.8) is 0 Å².